The molecule has 0 aromatic heterocycles. The molecule has 0 aliphatic rings. The molecular formula is C19H21NO3S. The average molecular weight is 343 g/mol. The number of rotatable bonds is 7. The van der Waals surface area contributed by atoms with E-state index in [0.717, 1.165) is 16.1 Å². The zero-order valence-electron chi connectivity index (χ0n) is 13.8. The highest BCUT2D eigenvalue weighted by molar-refractivity contribution is 7.98. The fraction of sp³-hybridized carbons (Fsp3) is 0.263. The van der Waals surface area contributed by atoms with Crippen LogP contribution >= 0.6 is 11.8 Å². The third-order valence-electron chi connectivity index (χ3n) is 3.59. The maximum absolute atomic E-state index is 11.9. The van der Waals surface area contributed by atoms with Crippen molar-refractivity contribution in [3.05, 3.63) is 60.2 Å². The molecule has 2 rings (SSSR count). The summed E-state index contributed by atoms with van der Waals surface area (Å²) in [5, 5.41) is 2.76. The fourth-order valence-electron chi connectivity index (χ4n) is 2.29. The topological polar surface area (TPSA) is 55.4 Å². The smallest absolute Gasteiger partial charge is 0.306 e. The molecule has 0 aliphatic carbocycles. The average Bonchev–Trinajstić information content (AvgIpc) is 2.61. The number of nitrogens with one attached hydrogen (secondary N) is 1. The van der Waals surface area contributed by atoms with Crippen LogP contribution in [0.1, 0.15) is 24.8 Å². The summed E-state index contributed by atoms with van der Waals surface area (Å²) in [6.07, 6.45) is 2.19. The van der Waals surface area contributed by atoms with E-state index in [9.17, 15) is 9.59 Å². The summed E-state index contributed by atoms with van der Waals surface area (Å²) in [6.45, 7) is 1.69. The minimum Gasteiger partial charge on any atom is -0.456 e. The van der Waals surface area contributed by atoms with Crippen molar-refractivity contribution in [2.45, 2.75) is 24.2 Å². The van der Waals surface area contributed by atoms with E-state index in [1.807, 2.05) is 67.8 Å². The van der Waals surface area contributed by atoms with E-state index in [1.165, 1.54) is 0 Å². The van der Waals surface area contributed by atoms with Crippen LogP contribution in [0, 0.1) is 0 Å². The lowest BCUT2D eigenvalue weighted by atomic mass is 9.98. The van der Waals surface area contributed by atoms with Gasteiger partial charge < -0.3 is 10.1 Å². The second-order valence-corrected chi connectivity index (χ2v) is 6.27. The number of amides is 1. The first-order valence-electron chi connectivity index (χ1n) is 7.73. The maximum atomic E-state index is 11.9. The Balaban J connectivity index is 1.80. The van der Waals surface area contributed by atoms with Crippen molar-refractivity contribution < 1.29 is 14.3 Å². The molecule has 0 unspecified atom stereocenters. The van der Waals surface area contributed by atoms with Gasteiger partial charge in [-0.1, -0.05) is 49.4 Å². The van der Waals surface area contributed by atoms with Crippen molar-refractivity contribution in [3.63, 3.8) is 0 Å². The van der Waals surface area contributed by atoms with Crippen LogP contribution in [0.2, 0.25) is 0 Å². The predicted octanol–water partition coefficient (Wildman–Crippen LogP) is 4.08. The van der Waals surface area contributed by atoms with Crippen molar-refractivity contribution in [2.75, 3.05) is 18.2 Å². The van der Waals surface area contributed by atoms with Gasteiger partial charge in [0.2, 0.25) is 0 Å². The van der Waals surface area contributed by atoms with E-state index in [-0.39, 0.29) is 30.8 Å². The number of benzene rings is 2. The summed E-state index contributed by atoms with van der Waals surface area (Å²) in [6, 6.07) is 17.3. The van der Waals surface area contributed by atoms with E-state index in [4.69, 9.17) is 4.74 Å². The SMILES string of the molecule is CSc1ccccc1NC(=O)COC(=O)C[C@H](C)c1ccccc1. The first-order valence-corrected chi connectivity index (χ1v) is 8.96. The molecule has 1 N–H and O–H groups in total. The number of thioether (sulfide) groups is 1. The largest absolute Gasteiger partial charge is 0.456 e. The number of carbonyl (C=O) groups excluding carboxylic acids is 2. The Morgan fingerprint density at radius 2 is 1.75 bits per heavy atom. The summed E-state index contributed by atoms with van der Waals surface area (Å²) in [4.78, 5) is 24.8. The van der Waals surface area contributed by atoms with Crippen LogP contribution in [0.25, 0.3) is 0 Å². The van der Waals surface area contributed by atoms with Crippen LogP contribution in [0.3, 0.4) is 0 Å². The summed E-state index contributed by atoms with van der Waals surface area (Å²) in [5.74, 6) is -0.657. The van der Waals surface area contributed by atoms with Gasteiger partial charge in [-0.2, -0.15) is 0 Å². The van der Waals surface area contributed by atoms with Gasteiger partial charge in [-0.3, -0.25) is 9.59 Å². The fourth-order valence-corrected chi connectivity index (χ4v) is 2.84. The van der Waals surface area contributed by atoms with Crippen LogP contribution < -0.4 is 5.32 Å². The Hall–Kier alpha value is -2.27. The third-order valence-corrected chi connectivity index (χ3v) is 4.38. The lowest BCUT2D eigenvalue weighted by Crippen LogP contribution is -2.21. The van der Waals surface area contributed by atoms with Crippen molar-refractivity contribution in [1.29, 1.82) is 0 Å². The van der Waals surface area contributed by atoms with Gasteiger partial charge in [-0.15, -0.1) is 11.8 Å². The molecule has 0 spiro atoms. The predicted molar refractivity (Wildman–Crippen MR) is 97.3 cm³/mol. The van der Waals surface area contributed by atoms with E-state index in [1.54, 1.807) is 11.8 Å². The lowest BCUT2D eigenvalue weighted by Gasteiger charge is -2.12. The van der Waals surface area contributed by atoms with Crippen molar-refractivity contribution in [2.24, 2.45) is 0 Å². The summed E-state index contributed by atoms with van der Waals surface area (Å²) in [7, 11) is 0. The number of carbonyl (C=O) groups is 2. The second-order valence-electron chi connectivity index (χ2n) is 5.42. The van der Waals surface area contributed by atoms with Crippen molar-refractivity contribution in [3.8, 4) is 0 Å². The maximum Gasteiger partial charge on any atom is 0.306 e. The molecule has 0 saturated carbocycles. The summed E-state index contributed by atoms with van der Waals surface area (Å²) >= 11 is 1.55. The Bertz CT molecular complexity index is 688. The van der Waals surface area contributed by atoms with E-state index in [0.29, 0.717) is 0 Å². The van der Waals surface area contributed by atoms with Gasteiger partial charge in [0.25, 0.3) is 5.91 Å². The number of hydrogen-bond donors (Lipinski definition) is 1. The molecule has 1 amide bonds. The highest BCUT2D eigenvalue weighted by Crippen LogP contribution is 2.24. The van der Waals surface area contributed by atoms with Crippen LogP contribution in [0.15, 0.2) is 59.5 Å². The quantitative estimate of drug-likeness (QED) is 0.608. The van der Waals surface area contributed by atoms with Gasteiger partial charge in [0.1, 0.15) is 0 Å². The highest BCUT2D eigenvalue weighted by atomic mass is 32.2. The van der Waals surface area contributed by atoms with Crippen LogP contribution in [-0.4, -0.2) is 24.7 Å². The summed E-state index contributed by atoms with van der Waals surface area (Å²) < 4.78 is 5.08. The first kappa shape index (κ1) is 18.1. The zero-order chi connectivity index (χ0) is 17.4. The Morgan fingerprint density at radius 3 is 2.46 bits per heavy atom. The molecule has 126 valence electrons. The van der Waals surface area contributed by atoms with Gasteiger partial charge in [0.05, 0.1) is 12.1 Å². The van der Waals surface area contributed by atoms with Gasteiger partial charge in [-0.25, -0.2) is 0 Å². The molecule has 0 radical (unpaired) electrons. The molecule has 0 aliphatic heterocycles. The van der Waals surface area contributed by atoms with Crippen LogP contribution in [0.4, 0.5) is 5.69 Å². The van der Waals surface area contributed by atoms with E-state index < -0.39 is 0 Å². The van der Waals surface area contributed by atoms with Crippen molar-refractivity contribution in [1.82, 2.24) is 0 Å². The van der Waals surface area contributed by atoms with E-state index >= 15 is 0 Å². The standard InChI is InChI=1S/C19H21NO3S/c1-14(15-8-4-3-5-9-15)12-19(22)23-13-18(21)20-16-10-6-7-11-17(16)24-2/h3-11,14H,12-13H2,1-2H3,(H,20,21)/t14-/m0/s1. The Labute approximate surface area is 146 Å². The van der Waals surface area contributed by atoms with Gasteiger partial charge in [0, 0.05) is 4.90 Å². The zero-order valence-corrected chi connectivity index (χ0v) is 14.6. The van der Waals surface area contributed by atoms with Gasteiger partial charge in [-0.05, 0) is 29.9 Å². The molecule has 0 fully saturated rings. The van der Waals surface area contributed by atoms with Gasteiger partial charge in [0.15, 0.2) is 6.61 Å². The van der Waals surface area contributed by atoms with Gasteiger partial charge >= 0.3 is 5.97 Å². The molecule has 5 heteroatoms. The Morgan fingerprint density at radius 1 is 1.08 bits per heavy atom. The number of ether oxygens (including phenoxy) is 1. The molecule has 24 heavy (non-hydrogen) atoms. The number of para-hydroxylation sites is 1. The number of esters is 1. The normalized spacial score (nSPS) is 11.6. The van der Waals surface area contributed by atoms with Crippen LogP contribution in [-0.2, 0) is 14.3 Å². The third kappa shape index (κ3) is 5.42. The molecule has 2 aromatic carbocycles. The monoisotopic (exact) mass is 343 g/mol. The molecule has 1 atom stereocenters. The van der Waals surface area contributed by atoms with Crippen LogP contribution in [0.5, 0.6) is 0 Å². The number of anilines is 1. The molecule has 2 aromatic rings. The van der Waals surface area contributed by atoms with E-state index in [2.05, 4.69) is 5.32 Å². The lowest BCUT2D eigenvalue weighted by molar-refractivity contribution is -0.147. The minimum absolute atomic E-state index is 0.0546. The summed E-state index contributed by atoms with van der Waals surface area (Å²) in [5.41, 5.74) is 1.80. The molecule has 0 heterocycles. The first-order chi connectivity index (χ1) is 11.6. The molecule has 0 saturated heterocycles. The number of hydrogen-bond acceptors (Lipinski definition) is 4. The second kappa shape index (κ2) is 9.13. The molecule has 0 bridgehead atoms. The highest BCUT2D eigenvalue weighted by Gasteiger charge is 2.14. The Kier molecular flexibility index (Phi) is 6.88. The molecular weight excluding hydrogens is 322 g/mol. The molecule has 4 nitrogen and oxygen atoms in total. The van der Waals surface area contributed by atoms with Crippen molar-refractivity contribution >= 4 is 29.3 Å². The minimum atomic E-state index is -0.375.